The number of carbonyl (C=O) groups is 1. The Morgan fingerprint density at radius 3 is 2.91 bits per heavy atom. The predicted octanol–water partition coefficient (Wildman–Crippen LogP) is 0.707. The largest absolute Gasteiger partial charge is 0.481 e. The Hall–Kier alpha value is -0.570. The van der Waals surface area contributed by atoms with E-state index in [0.717, 1.165) is 25.8 Å². The minimum Gasteiger partial charge on any atom is -0.481 e. The minimum absolute atomic E-state index is 0.0950. The molecule has 0 aromatic heterocycles. The second-order valence-electron chi connectivity index (χ2n) is 3.19. The van der Waals surface area contributed by atoms with E-state index in [2.05, 4.69) is 5.32 Å². The number of aliphatic carboxylic acids is 1. The van der Waals surface area contributed by atoms with E-state index >= 15 is 0 Å². The molecular weight excluding hydrogens is 142 g/mol. The maximum absolute atomic E-state index is 10.7. The number of hydrogen-bond acceptors (Lipinski definition) is 2. The fraction of sp³-hybridized carbons (Fsp3) is 0.875. The number of carboxylic acids is 1. The average molecular weight is 157 g/mol. The monoisotopic (exact) mass is 157 g/mol. The molecular formula is C8H15NO2. The molecule has 1 aliphatic carbocycles. The molecule has 64 valence electrons. The summed E-state index contributed by atoms with van der Waals surface area (Å²) in [4.78, 5) is 10.7. The Balaban J connectivity index is 2.44. The van der Waals surface area contributed by atoms with E-state index in [0.29, 0.717) is 5.92 Å². The van der Waals surface area contributed by atoms with Crippen molar-refractivity contribution in [2.45, 2.75) is 19.3 Å². The smallest absolute Gasteiger partial charge is 0.306 e. The third-order valence-electron chi connectivity index (χ3n) is 2.44. The van der Waals surface area contributed by atoms with Crippen molar-refractivity contribution in [1.29, 1.82) is 0 Å². The van der Waals surface area contributed by atoms with Crippen molar-refractivity contribution in [3.8, 4) is 0 Å². The van der Waals surface area contributed by atoms with Crippen molar-refractivity contribution in [3.63, 3.8) is 0 Å². The number of nitrogens with one attached hydrogen (secondary N) is 1. The quantitative estimate of drug-likeness (QED) is 0.634. The van der Waals surface area contributed by atoms with Gasteiger partial charge in [-0.15, -0.1) is 0 Å². The van der Waals surface area contributed by atoms with Gasteiger partial charge in [-0.3, -0.25) is 4.79 Å². The summed E-state index contributed by atoms with van der Waals surface area (Å²) in [5, 5.41) is 11.8. The SMILES string of the molecule is CNCC1CCCC1C(=O)O. The second-order valence-corrected chi connectivity index (χ2v) is 3.19. The zero-order chi connectivity index (χ0) is 8.27. The van der Waals surface area contributed by atoms with Gasteiger partial charge in [0.15, 0.2) is 0 Å². The first-order chi connectivity index (χ1) is 5.25. The minimum atomic E-state index is -0.622. The third kappa shape index (κ3) is 1.93. The van der Waals surface area contributed by atoms with Gasteiger partial charge < -0.3 is 10.4 Å². The molecule has 0 aromatic carbocycles. The Kier molecular flexibility index (Phi) is 2.88. The van der Waals surface area contributed by atoms with Crippen LogP contribution in [0, 0.1) is 11.8 Å². The summed E-state index contributed by atoms with van der Waals surface area (Å²) in [7, 11) is 1.87. The van der Waals surface area contributed by atoms with E-state index in [1.54, 1.807) is 0 Å². The van der Waals surface area contributed by atoms with Crippen molar-refractivity contribution >= 4 is 5.97 Å². The van der Waals surface area contributed by atoms with Crippen LogP contribution in [0.1, 0.15) is 19.3 Å². The van der Waals surface area contributed by atoms with Crippen molar-refractivity contribution in [1.82, 2.24) is 5.32 Å². The molecule has 2 unspecified atom stereocenters. The lowest BCUT2D eigenvalue weighted by Crippen LogP contribution is -2.26. The molecule has 11 heavy (non-hydrogen) atoms. The highest BCUT2D eigenvalue weighted by Gasteiger charge is 2.31. The lowest BCUT2D eigenvalue weighted by molar-refractivity contribution is -0.142. The van der Waals surface area contributed by atoms with E-state index < -0.39 is 5.97 Å². The van der Waals surface area contributed by atoms with E-state index in [1.807, 2.05) is 7.05 Å². The van der Waals surface area contributed by atoms with Crippen molar-refractivity contribution in [3.05, 3.63) is 0 Å². The fourth-order valence-corrected chi connectivity index (χ4v) is 1.87. The summed E-state index contributed by atoms with van der Waals surface area (Å²) < 4.78 is 0. The summed E-state index contributed by atoms with van der Waals surface area (Å²) in [6.45, 7) is 0.844. The standard InChI is InChI=1S/C8H15NO2/c1-9-5-6-3-2-4-7(6)8(10)11/h6-7,9H,2-5H2,1H3,(H,10,11). The highest BCUT2D eigenvalue weighted by molar-refractivity contribution is 5.70. The maximum atomic E-state index is 10.7. The molecule has 1 aliphatic rings. The highest BCUT2D eigenvalue weighted by atomic mass is 16.4. The van der Waals surface area contributed by atoms with Crippen molar-refractivity contribution in [2.24, 2.45) is 11.8 Å². The van der Waals surface area contributed by atoms with E-state index in [4.69, 9.17) is 5.11 Å². The summed E-state index contributed by atoms with van der Waals surface area (Å²) in [5.41, 5.74) is 0. The first-order valence-electron chi connectivity index (χ1n) is 4.13. The van der Waals surface area contributed by atoms with Gasteiger partial charge in [-0.25, -0.2) is 0 Å². The fourth-order valence-electron chi connectivity index (χ4n) is 1.87. The van der Waals surface area contributed by atoms with Crippen LogP contribution in [-0.4, -0.2) is 24.7 Å². The molecule has 2 N–H and O–H groups in total. The van der Waals surface area contributed by atoms with Gasteiger partial charge in [0.1, 0.15) is 0 Å². The molecule has 1 saturated carbocycles. The Morgan fingerprint density at radius 1 is 1.64 bits per heavy atom. The topological polar surface area (TPSA) is 49.3 Å². The molecule has 1 fully saturated rings. The number of carboxylic acid groups (broad SMARTS) is 1. The number of rotatable bonds is 3. The van der Waals surface area contributed by atoms with E-state index in [9.17, 15) is 4.79 Å². The molecule has 3 nitrogen and oxygen atoms in total. The normalized spacial score (nSPS) is 30.6. The van der Waals surface area contributed by atoms with Crippen LogP contribution in [0.25, 0.3) is 0 Å². The first-order valence-corrected chi connectivity index (χ1v) is 4.13. The lowest BCUT2D eigenvalue weighted by atomic mass is 9.96. The van der Waals surface area contributed by atoms with Crippen LogP contribution in [0.15, 0.2) is 0 Å². The van der Waals surface area contributed by atoms with Gasteiger partial charge in [0.25, 0.3) is 0 Å². The first kappa shape index (κ1) is 8.53. The average Bonchev–Trinajstić information content (AvgIpc) is 2.36. The van der Waals surface area contributed by atoms with Crippen LogP contribution in [0.4, 0.5) is 0 Å². The van der Waals surface area contributed by atoms with Gasteiger partial charge in [-0.2, -0.15) is 0 Å². The van der Waals surface area contributed by atoms with Gasteiger partial charge in [0.2, 0.25) is 0 Å². The van der Waals surface area contributed by atoms with Crippen LogP contribution < -0.4 is 5.32 Å². The van der Waals surface area contributed by atoms with Gasteiger partial charge in [-0.05, 0) is 32.4 Å². The van der Waals surface area contributed by atoms with Crippen molar-refractivity contribution in [2.75, 3.05) is 13.6 Å². The van der Waals surface area contributed by atoms with Crippen LogP contribution in [0.2, 0.25) is 0 Å². The van der Waals surface area contributed by atoms with E-state index in [-0.39, 0.29) is 5.92 Å². The van der Waals surface area contributed by atoms with Gasteiger partial charge in [0.05, 0.1) is 5.92 Å². The molecule has 0 aromatic rings. The Labute approximate surface area is 66.8 Å². The van der Waals surface area contributed by atoms with E-state index in [1.165, 1.54) is 0 Å². The predicted molar refractivity (Wildman–Crippen MR) is 42.4 cm³/mol. The molecule has 2 atom stereocenters. The molecule has 0 saturated heterocycles. The summed E-state index contributed by atoms with van der Waals surface area (Å²) in [6.07, 6.45) is 3.00. The molecule has 0 bridgehead atoms. The second kappa shape index (κ2) is 3.72. The molecule has 0 aliphatic heterocycles. The van der Waals surface area contributed by atoms with Crippen LogP contribution in [0.3, 0.4) is 0 Å². The van der Waals surface area contributed by atoms with Crippen LogP contribution >= 0.6 is 0 Å². The molecule has 0 heterocycles. The summed E-state index contributed by atoms with van der Waals surface area (Å²) in [5.74, 6) is -0.359. The third-order valence-corrected chi connectivity index (χ3v) is 2.44. The van der Waals surface area contributed by atoms with Gasteiger partial charge in [0, 0.05) is 0 Å². The number of hydrogen-bond donors (Lipinski definition) is 2. The highest BCUT2D eigenvalue weighted by Crippen LogP contribution is 2.31. The van der Waals surface area contributed by atoms with Gasteiger partial charge in [-0.1, -0.05) is 6.42 Å². The zero-order valence-corrected chi connectivity index (χ0v) is 6.84. The molecule has 1 rings (SSSR count). The molecule has 3 heteroatoms. The van der Waals surface area contributed by atoms with Crippen molar-refractivity contribution < 1.29 is 9.90 Å². The summed E-state index contributed by atoms with van der Waals surface area (Å²) in [6, 6.07) is 0. The lowest BCUT2D eigenvalue weighted by Gasteiger charge is -2.14. The zero-order valence-electron chi connectivity index (χ0n) is 6.84. The Bertz CT molecular complexity index is 147. The molecule has 0 amide bonds. The summed E-state index contributed by atoms with van der Waals surface area (Å²) >= 11 is 0. The Morgan fingerprint density at radius 2 is 2.36 bits per heavy atom. The van der Waals surface area contributed by atoms with Crippen LogP contribution in [-0.2, 0) is 4.79 Å². The maximum Gasteiger partial charge on any atom is 0.306 e. The van der Waals surface area contributed by atoms with Crippen LogP contribution in [0.5, 0.6) is 0 Å². The molecule has 0 radical (unpaired) electrons. The van der Waals surface area contributed by atoms with Gasteiger partial charge >= 0.3 is 5.97 Å². The molecule has 0 spiro atoms.